The minimum atomic E-state index is -0.515. The first-order valence-electron chi connectivity index (χ1n) is 10.1. The molecule has 0 unspecified atom stereocenters. The van der Waals surface area contributed by atoms with Gasteiger partial charge >= 0.3 is 0 Å². The highest BCUT2D eigenvalue weighted by atomic mass is 19.1. The third-order valence-electron chi connectivity index (χ3n) is 5.14. The van der Waals surface area contributed by atoms with E-state index < -0.39 is 5.92 Å². The number of anilines is 2. The van der Waals surface area contributed by atoms with E-state index in [2.05, 4.69) is 10.9 Å². The van der Waals surface area contributed by atoms with Gasteiger partial charge in [0.15, 0.2) is 0 Å². The number of ether oxygens (including phenoxy) is 1. The molecule has 0 saturated carbocycles. The monoisotopic (exact) mass is 437 g/mol. The molecule has 6 nitrogen and oxygen atoms in total. The molecule has 4 rings (SSSR count). The molecule has 164 valence electrons. The van der Waals surface area contributed by atoms with Crippen LogP contribution >= 0.6 is 0 Å². The van der Waals surface area contributed by atoms with E-state index in [0.717, 1.165) is 5.56 Å². The smallest absolute Gasteiger partial charge is 0.243 e. The minimum Gasteiger partial charge on any atom is -0.489 e. The molecule has 0 bridgehead atoms. The maximum Gasteiger partial charge on any atom is 0.243 e. The molecular weight excluding hydrogens is 416 g/mol. The Morgan fingerprint density at radius 2 is 1.56 bits per heavy atom. The van der Waals surface area contributed by atoms with E-state index in [1.54, 1.807) is 36.4 Å². The first kappa shape index (κ1) is 21.3. The fourth-order valence-corrected chi connectivity index (χ4v) is 3.37. The van der Waals surface area contributed by atoms with E-state index in [-0.39, 0.29) is 36.4 Å². The van der Waals surface area contributed by atoms with Crippen molar-refractivity contribution in [3.05, 3.63) is 90.0 Å². The minimum absolute atomic E-state index is 0.0844. The molecule has 3 aromatic carbocycles. The second kappa shape index (κ2) is 9.47. The molecule has 2 N–H and O–H groups in total. The summed E-state index contributed by atoms with van der Waals surface area (Å²) in [4.78, 5) is 26.2. The van der Waals surface area contributed by atoms with Crippen LogP contribution in [-0.2, 0) is 16.2 Å². The van der Waals surface area contributed by atoms with E-state index in [0.29, 0.717) is 23.7 Å². The molecule has 32 heavy (non-hydrogen) atoms. The van der Waals surface area contributed by atoms with Crippen molar-refractivity contribution in [3.8, 4) is 5.75 Å². The van der Waals surface area contributed by atoms with E-state index in [1.165, 1.54) is 41.3 Å². The van der Waals surface area contributed by atoms with Crippen molar-refractivity contribution in [1.29, 1.82) is 0 Å². The van der Waals surface area contributed by atoms with Crippen LogP contribution in [0.15, 0.2) is 72.8 Å². The molecule has 2 amide bonds. The predicted molar refractivity (Wildman–Crippen MR) is 116 cm³/mol. The first-order chi connectivity index (χ1) is 15.5. The van der Waals surface area contributed by atoms with Crippen molar-refractivity contribution in [3.63, 3.8) is 0 Å². The van der Waals surface area contributed by atoms with Crippen LogP contribution < -0.4 is 20.5 Å². The average molecular weight is 437 g/mol. The van der Waals surface area contributed by atoms with Crippen LogP contribution in [0.1, 0.15) is 12.0 Å². The van der Waals surface area contributed by atoms with Gasteiger partial charge in [0.25, 0.3) is 0 Å². The van der Waals surface area contributed by atoms with Crippen molar-refractivity contribution in [2.75, 3.05) is 16.9 Å². The average Bonchev–Trinajstić information content (AvgIpc) is 3.20. The number of carbonyl (C=O) groups excluding carboxylic acids is 2. The lowest BCUT2D eigenvalue weighted by molar-refractivity contribution is -0.125. The Morgan fingerprint density at radius 1 is 0.938 bits per heavy atom. The number of carbonyl (C=O) groups is 2. The maximum absolute atomic E-state index is 13.1. The van der Waals surface area contributed by atoms with Crippen LogP contribution in [0, 0.1) is 17.6 Å². The molecule has 0 aromatic heterocycles. The molecule has 0 spiro atoms. The summed E-state index contributed by atoms with van der Waals surface area (Å²) in [5.41, 5.74) is 7.51. The molecule has 0 radical (unpaired) electrons. The van der Waals surface area contributed by atoms with Gasteiger partial charge < -0.3 is 9.64 Å². The van der Waals surface area contributed by atoms with Crippen molar-refractivity contribution in [2.45, 2.75) is 13.0 Å². The summed E-state index contributed by atoms with van der Waals surface area (Å²) in [6, 6.07) is 18.6. The summed E-state index contributed by atoms with van der Waals surface area (Å²) in [6.45, 7) is 0.540. The van der Waals surface area contributed by atoms with E-state index in [1.807, 2.05) is 0 Å². The Morgan fingerprint density at radius 3 is 2.22 bits per heavy atom. The van der Waals surface area contributed by atoms with Gasteiger partial charge in [-0.1, -0.05) is 12.1 Å². The molecule has 0 aliphatic carbocycles. The lowest BCUT2D eigenvalue weighted by atomic mass is 10.1. The number of hydrazine groups is 1. The molecule has 1 saturated heterocycles. The number of amides is 2. The standard InChI is InChI=1S/C24H21F2N3O3/c25-18-3-1-16(2-4-18)15-32-22-11-7-20(8-12-22)27-28-24(31)17-13-23(30)29(14-17)21-9-5-19(26)6-10-21/h1-12,17,27H,13-15H2,(H,28,31)/t17-/m1/s1. The predicted octanol–water partition coefficient (Wildman–Crippen LogP) is 4.04. The summed E-state index contributed by atoms with van der Waals surface area (Å²) < 4.78 is 31.7. The van der Waals surface area contributed by atoms with Gasteiger partial charge in [-0.15, -0.1) is 0 Å². The van der Waals surface area contributed by atoms with Gasteiger partial charge in [-0.3, -0.25) is 20.4 Å². The number of halogens is 2. The summed E-state index contributed by atoms with van der Waals surface area (Å²) in [7, 11) is 0. The van der Waals surface area contributed by atoms with Gasteiger partial charge in [0.1, 0.15) is 24.0 Å². The number of rotatable bonds is 7. The first-order valence-corrected chi connectivity index (χ1v) is 10.1. The fraction of sp³-hybridized carbons (Fsp3) is 0.167. The highest BCUT2D eigenvalue weighted by Crippen LogP contribution is 2.25. The molecule has 1 heterocycles. The third kappa shape index (κ3) is 5.21. The number of nitrogens with zero attached hydrogens (tertiary/aromatic N) is 1. The number of nitrogens with one attached hydrogen (secondary N) is 2. The van der Waals surface area contributed by atoms with Gasteiger partial charge in [-0.25, -0.2) is 8.78 Å². The van der Waals surface area contributed by atoms with Crippen LogP contribution in [0.3, 0.4) is 0 Å². The zero-order valence-electron chi connectivity index (χ0n) is 17.1. The van der Waals surface area contributed by atoms with E-state index in [4.69, 9.17) is 4.74 Å². The van der Waals surface area contributed by atoms with Crippen molar-refractivity contribution in [2.24, 2.45) is 5.92 Å². The quantitative estimate of drug-likeness (QED) is 0.548. The number of hydrogen-bond donors (Lipinski definition) is 2. The highest BCUT2D eigenvalue weighted by molar-refractivity contribution is 6.00. The number of hydrogen-bond acceptors (Lipinski definition) is 4. The maximum atomic E-state index is 13.1. The molecule has 3 aromatic rings. The van der Waals surface area contributed by atoms with Crippen LogP contribution in [0.4, 0.5) is 20.2 Å². The van der Waals surface area contributed by atoms with Crippen molar-refractivity contribution >= 4 is 23.2 Å². The Kier molecular flexibility index (Phi) is 6.30. The lowest BCUT2D eigenvalue weighted by Gasteiger charge is -2.17. The SMILES string of the molecule is O=C(NNc1ccc(OCc2ccc(F)cc2)cc1)[C@@H]1CC(=O)N(c2ccc(F)cc2)C1. The van der Waals surface area contributed by atoms with Crippen LogP contribution in [0.2, 0.25) is 0 Å². The number of benzene rings is 3. The summed E-state index contributed by atoms with van der Waals surface area (Å²) in [5, 5.41) is 0. The molecule has 1 atom stereocenters. The second-order valence-corrected chi connectivity index (χ2v) is 7.44. The molecular formula is C24H21F2N3O3. The largest absolute Gasteiger partial charge is 0.489 e. The zero-order valence-corrected chi connectivity index (χ0v) is 17.1. The normalized spacial score (nSPS) is 15.5. The summed E-state index contributed by atoms with van der Waals surface area (Å²) in [6.07, 6.45) is 0.0844. The Hall–Kier alpha value is -3.94. The summed E-state index contributed by atoms with van der Waals surface area (Å²) in [5.74, 6) is -1.05. The second-order valence-electron chi connectivity index (χ2n) is 7.44. The topological polar surface area (TPSA) is 70.7 Å². The lowest BCUT2D eigenvalue weighted by Crippen LogP contribution is -2.36. The Labute approximate surface area is 183 Å². The van der Waals surface area contributed by atoms with E-state index >= 15 is 0 Å². The van der Waals surface area contributed by atoms with Gasteiger partial charge in [0, 0.05) is 18.7 Å². The molecule has 8 heteroatoms. The van der Waals surface area contributed by atoms with Gasteiger partial charge in [0.2, 0.25) is 11.8 Å². The Balaban J connectivity index is 1.26. The van der Waals surface area contributed by atoms with E-state index in [9.17, 15) is 18.4 Å². The molecule has 1 fully saturated rings. The van der Waals surface area contributed by atoms with Crippen molar-refractivity contribution in [1.82, 2.24) is 5.43 Å². The summed E-state index contributed by atoms with van der Waals surface area (Å²) >= 11 is 0. The van der Waals surface area contributed by atoms with Gasteiger partial charge in [-0.05, 0) is 66.2 Å². The highest BCUT2D eigenvalue weighted by Gasteiger charge is 2.35. The molecule has 1 aliphatic heterocycles. The van der Waals surface area contributed by atoms with Gasteiger partial charge in [0.05, 0.1) is 11.6 Å². The van der Waals surface area contributed by atoms with Crippen LogP contribution in [0.5, 0.6) is 5.75 Å². The van der Waals surface area contributed by atoms with Gasteiger partial charge in [-0.2, -0.15) is 0 Å². The fourth-order valence-electron chi connectivity index (χ4n) is 3.37. The molecule has 1 aliphatic rings. The Bertz CT molecular complexity index is 1090. The zero-order chi connectivity index (χ0) is 22.5. The van der Waals surface area contributed by atoms with Crippen LogP contribution in [-0.4, -0.2) is 18.4 Å². The van der Waals surface area contributed by atoms with Crippen molar-refractivity contribution < 1.29 is 23.1 Å². The van der Waals surface area contributed by atoms with Crippen LogP contribution in [0.25, 0.3) is 0 Å². The third-order valence-corrected chi connectivity index (χ3v) is 5.14.